The van der Waals surface area contributed by atoms with E-state index < -0.39 is 0 Å². The van der Waals surface area contributed by atoms with Gasteiger partial charge in [-0.05, 0) is 71.3 Å². The van der Waals surface area contributed by atoms with Gasteiger partial charge >= 0.3 is 0 Å². The molecule has 0 aliphatic carbocycles. The number of nitrogens with two attached hydrogens (primary N) is 4. The number of nitrogens with zero attached hydrogens (tertiary/aromatic N) is 3. The summed E-state index contributed by atoms with van der Waals surface area (Å²) < 4.78 is 3.41. The lowest BCUT2D eigenvalue weighted by Gasteiger charge is -2.17. The van der Waals surface area contributed by atoms with Crippen molar-refractivity contribution in [3.05, 3.63) is 56.9 Å². The Hall–Kier alpha value is -2.70. The van der Waals surface area contributed by atoms with Crippen molar-refractivity contribution in [3.8, 4) is 11.5 Å². The lowest BCUT2D eigenvalue weighted by molar-refractivity contribution is 0.309. The summed E-state index contributed by atoms with van der Waals surface area (Å²) in [5.41, 5.74) is 22.3. The Morgan fingerprint density at radius 2 is 1.46 bits per heavy atom. The molecule has 0 bridgehead atoms. The molecule has 37 heavy (non-hydrogen) atoms. The molecule has 0 radical (unpaired) electrons. The van der Waals surface area contributed by atoms with Crippen LogP contribution in [0.2, 0.25) is 0 Å². The lowest BCUT2D eigenvalue weighted by Crippen LogP contribution is -2.31. The maximum Gasteiger partial charge on any atom is 0.292 e. The van der Waals surface area contributed by atoms with Crippen molar-refractivity contribution in [1.29, 1.82) is 0 Å². The van der Waals surface area contributed by atoms with Crippen LogP contribution in [0.5, 0.6) is 11.5 Å². The molecule has 2 aromatic heterocycles. The quantitative estimate of drug-likeness (QED) is 0.178. The second-order valence-corrected chi connectivity index (χ2v) is 9.49. The van der Waals surface area contributed by atoms with E-state index in [1.807, 2.05) is 4.57 Å². The van der Waals surface area contributed by atoms with E-state index in [0.717, 1.165) is 58.2 Å². The van der Waals surface area contributed by atoms with Crippen molar-refractivity contribution < 1.29 is 10.2 Å². The summed E-state index contributed by atoms with van der Waals surface area (Å²) in [7, 11) is 2.05. The summed E-state index contributed by atoms with van der Waals surface area (Å²) in [5, 5.41) is 18.8. The Morgan fingerprint density at radius 3 is 2.11 bits per heavy atom. The van der Waals surface area contributed by atoms with E-state index in [-0.39, 0.29) is 34.6 Å². The smallest absolute Gasteiger partial charge is 0.292 e. The van der Waals surface area contributed by atoms with E-state index in [4.69, 9.17) is 22.9 Å². The molecule has 2 heterocycles. The molecule has 210 valence electrons. The zero-order valence-electron chi connectivity index (χ0n) is 22.4. The minimum atomic E-state index is -0.330. The minimum Gasteiger partial charge on any atom is -0.503 e. The van der Waals surface area contributed by atoms with E-state index >= 15 is 0 Å². The zero-order chi connectivity index (χ0) is 27.8. The average molecular weight is 522 g/mol. The third-order valence-electron chi connectivity index (χ3n) is 6.30. The van der Waals surface area contributed by atoms with E-state index in [1.54, 1.807) is 25.4 Å². The fraction of sp³-hybridized carbons (Fsp3) is 0.615. The molecule has 10 N–H and O–H groups in total. The van der Waals surface area contributed by atoms with Gasteiger partial charge < -0.3 is 47.2 Å². The number of unbranched alkanes of at least 4 members (excludes halogenated alkanes) is 1. The number of aromatic hydroxyl groups is 2. The fourth-order valence-corrected chi connectivity index (χ4v) is 3.78. The van der Waals surface area contributed by atoms with E-state index in [0.29, 0.717) is 25.3 Å². The van der Waals surface area contributed by atoms with Gasteiger partial charge in [0.2, 0.25) is 5.43 Å². The van der Waals surface area contributed by atoms with Crippen LogP contribution in [-0.2, 0) is 13.1 Å². The second-order valence-electron chi connectivity index (χ2n) is 9.49. The number of pyridine rings is 2. The van der Waals surface area contributed by atoms with Gasteiger partial charge in [-0.3, -0.25) is 9.59 Å². The van der Waals surface area contributed by atoms with Crippen LogP contribution >= 0.6 is 0 Å². The van der Waals surface area contributed by atoms with Crippen molar-refractivity contribution in [1.82, 2.24) is 14.0 Å². The van der Waals surface area contributed by atoms with Crippen LogP contribution in [0.3, 0.4) is 0 Å². The molecule has 2 atom stereocenters. The highest BCUT2D eigenvalue weighted by molar-refractivity contribution is 5.25. The maximum absolute atomic E-state index is 11.6. The molecule has 11 nitrogen and oxygen atoms in total. The first-order valence-electron chi connectivity index (χ1n) is 13.0. The van der Waals surface area contributed by atoms with Gasteiger partial charge in [-0.1, -0.05) is 6.42 Å². The number of hydrogen-bond acceptors (Lipinski definition) is 9. The topological polar surface area (TPSA) is 192 Å². The molecule has 0 aliphatic rings. The number of aryl methyl sites for hydroxylation is 2. The summed E-state index contributed by atoms with van der Waals surface area (Å²) in [6.07, 6.45) is 9.09. The van der Waals surface area contributed by atoms with Crippen LogP contribution in [0, 0.1) is 6.92 Å². The Balaban J connectivity index is 0.000000375. The molecule has 2 rings (SSSR count). The highest BCUT2D eigenvalue weighted by atomic mass is 16.3. The molecule has 0 saturated heterocycles. The van der Waals surface area contributed by atoms with Gasteiger partial charge in [-0.2, -0.15) is 0 Å². The minimum absolute atomic E-state index is 0.0681. The predicted octanol–water partition coefficient (Wildman–Crippen LogP) is 0.261. The first kappa shape index (κ1) is 32.3. The Bertz CT molecular complexity index is 1020. The summed E-state index contributed by atoms with van der Waals surface area (Å²) >= 11 is 0. The monoisotopic (exact) mass is 521 g/mol. The van der Waals surface area contributed by atoms with Crippen LogP contribution < -0.4 is 33.9 Å². The molecule has 0 spiro atoms. The summed E-state index contributed by atoms with van der Waals surface area (Å²) in [4.78, 5) is 25.0. The van der Waals surface area contributed by atoms with Crippen molar-refractivity contribution in [2.75, 3.05) is 33.2 Å². The molecular weight excluding hydrogens is 474 g/mol. The SMILES string of the molecule is CN(CCCC(N)CN)CCCn1cccc(O)c1=O.Cc1c(O)c(=O)ccn1CCCCC(N)CN. The number of hydrogen-bond donors (Lipinski definition) is 6. The van der Waals surface area contributed by atoms with Crippen molar-refractivity contribution >= 4 is 0 Å². The van der Waals surface area contributed by atoms with Crippen molar-refractivity contribution in [2.45, 2.75) is 70.6 Å². The van der Waals surface area contributed by atoms with Gasteiger partial charge in [-0.25, -0.2) is 0 Å². The van der Waals surface area contributed by atoms with Crippen LogP contribution in [0.15, 0.2) is 40.2 Å². The molecule has 0 fully saturated rings. The second kappa shape index (κ2) is 17.7. The van der Waals surface area contributed by atoms with Crippen LogP contribution in [-0.4, -0.2) is 69.6 Å². The summed E-state index contributed by atoms with van der Waals surface area (Å²) in [5.74, 6) is -0.359. The molecule has 0 amide bonds. The predicted molar refractivity (Wildman–Crippen MR) is 149 cm³/mol. The zero-order valence-corrected chi connectivity index (χ0v) is 22.4. The maximum atomic E-state index is 11.6. The number of aromatic nitrogens is 2. The van der Waals surface area contributed by atoms with Gasteiger partial charge in [0.25, 0.3) is 5.56 Å². The molecule has 2 aromatic rings. The summed E-state index contributed by atoms with van der Waals surface area (Å²) in [6, 6.07) is 4.63. The Morgan fingerprint density at radius 1 is 0.865 bits per heavy atom. The third-order valence-corrected chi connectivity index (χ3v) is 6.30. The number of rotatable bonds is 15. The molecular formula is C26H47N7O4. The summed E-state index contributed by atoms with van der Waals surface area (Å²) in [6.45, 7) is 6.05. The van der Waals surface area contributed by atoms with Crippen LogP contribution in [0.4, 0.5) is 0 Å². The van der Waals surface area contributed by atoms with E-state index in [1.165, 1.54) is 16.7 Å². The fourth-order valence-electron chi connectivity index (χ4n) is 3.78. The first-order valence-corrected chi connectivity index (χ1v) is 13.0. The molecule has 0 aliphatic heterocycles. The molecule has 11 heteroatoms. The van der Waals surface area contributed by atoms with E-state index in [2.05, 4.69) is 11.9 Å². The standard InChI is InChI=1S/C14H26N4O2.C12H21N3O2/c1-17(7-2-5-12(16)11-15)8-4-10-18-9-3-6-13(19)14(18)20;1-9-12(17)11(16)5-7-15(9)6-3-2-4-10(14)8-13/h3,6,9,12,19H,2,4-5,7-8,10-11,15-16H2,1H3;5,7,10,17H,2-4,6,8,13-14H2,1H3. The normalized spacial score (nSPS) is 12.7. The first-order chi connectivity index (χ1) is 17.6. The highest BCUT2D eigenvalue weighted by Gasteiger charge is 2.06. The third kappa shape index (κ3) is 12.4. The highest BCUT2D eigenvalue weighted by Crippen LogP contribution is 2.11. The van der Waals surface area contributed by atoms with E-state index in [9.17, 15) is 19.8 Å². The van der Waals surface area contributed by atoms with Gasteiger partial charge in [0.1, 0.15) is 0 Å². The lowest BCUT2D eigenvalue weighted by atomic mass is 10.1. The van der Waals surface area contributed by atoms with Gasteiger partial charge in [-0.15, -0.1) is 0 Å². The molecule has 2 unspecified atom stereocenters. The van der Waals surface area contributed by atoms with Gasteiger partial charge in [0, 0.05) is 56.7 Å². The van der Waals surface area contributed by atoms with Gasteiger partial charge in [0.15, 0.2) is 11.5 Å². The Kier molecular flexibility index (Phi) is 15.5. The van der Waals surface area contributed by atoms with Crippen molar-refractivity contribution in [3.63, 3.8) is 0 Å². The van der Waals surface area contributed by atoms with Crippen LogP contribution in [0.1, 0.15) is 44.2 Å². The van der Waals surface area contributed by atoms with Crippen molar-refractivity contribution in [2.24, 2.45) is 22.9 Å². The Labute approximate surface area is 219 Å². The van der Waals surface area contributed by atoms with Crippen LogP contribution in [0.25, 0.3) is 0 Å². The molecule has 0 aromatic carbocycles. The van der Waals surface area contributed by atoms with Gasteiger partial charge in [0.05, 0.1) is 5.69 Å². The molecule has 0 saturated carbocycles. The average Bonchev–Trinajstić information content (AvgIpc) is 2.88. The largest absolute Gasteiger partial charge is 0.503 e.